The van der Waals surface area contributed by atoms with Crippen molar-refractivity contribution in [1.29, 1.82) is 0 Å². The van der Waals surface area contributed by atoms with Crippen molar-refractivity contribution in [1.82, 2.24) is 0 Å². The Morgan fingerprint density at radius 2 is 1.80 bits per heavy atom. The van der Waals surface area contributed by atoms with Gasteiger partial charge in [0, 0.05) is 12.0 Å². The molecule has 0 saturated carbocycles. The third kappa shape index (κ3) is 2.96. The Hall–Kier alpha value is -1.03. The maximum atomic E-state index is 11.4. The molecule has 0 N–H and O–H groups in total. The first kappa shape index (κ1) is 12.0. The molecule has 0 atom stereocenters. The van der Waals surface area contributed by atoms with E-state index in [9.17, 15) is 4.79 Å². The summed E-state index contributed by atoms with van der Waals surface area (Å²) in [5.41, 5.74) is 0.798. The van der Waals surface area contributed by atoms with Gasteiger partial charge in [0.1, 0.15) is 17.3 Å². The average molecular weight is 273 g/mol. The van der Waals surface area contributed by atoms with Crippen molar-refractivity contribution < 1.29 is 14.3 Å². The van der Waals surface area contributed by atoms with Crippen LogP contribution in [0.15, 0.2) is 18.2 Å². The van der Waals surface area contributed by atoms with E-state index < -0.39 is 0 Å². The van der Waals surface area contributed by atoms with Gasteiger partial charge in [-0.2, -0.15) is 0 Å². The highest BCUT2D eigenvalue weighted by Crippen LogP contribution is 2.28. The van der Waals surface area contributed by atoms with Gasteiger partial charge in [-0.25, -0.2) is 0 Å². The quantitative estimate of drug-likeness (QED) is 0.771. The van der Waals surface area contributed by atoms with E-state index in [0.717, 1.165) is 5.56 Å². The van der Waals surface area contributed by atoms with Gasteiger partial charge in [0.2, 0.25) is 0 Å². The van der Waals surface area contributed by atoms with Gasteiger partial charge in [-0.3, -0.25) is 4.79 Å². The topological polar surface area (TPSA) is 35.5 Å². The van der Waals surface area contributed by atoms with Crippen LogP contribution >= 0.6 is 15.9 Å². The Balaban J connectivity index is 3.05. The molecule has 1 aromatic rings. The number of methoxy groups -OCH3 is 2. The summed E-state index contributed by atoms with van der Waals surface area (Å²) in [4.78, 5) is 11.4. The highest BCUT2D eigenvalue weighted by atomic mass is 79.9. The zero-order valence-electron chi connectivity index (χ0n) is 8.75. The number of carbonyl (C=O) groups is 1. The summed E-state index contributed by atoms with van der Waals surface area (Å²) in [5, 5.41) is 0.341. The minimum atomic E-state index is 0.0952. The zero-order chi connectivity index (χ0) is 11.3. The zero-order valence-corrected chi connectivity index (χ0v) is 10.3. The van der Waals surface area contributed by atoms with E-state index in [4.69, 9.17) is 9.47 Å². The average Bonchev–Trinajstić information content (AvgIpc) is 2.29. The number of benzene rings is 1. The van der Waals surface area contributed by atoms with E-state index in [1.54, 1.807) is 14.2 Å². The smallest absolute Gasteiger partial charge is 0.148 e. The van der Waals surface area contributed by atoms with Gasteiger partial charge in [-0.15, -0.1) is 0 Å². The Labute approximate surface area is 97.5 Å². The minimum Gasteiger partial charge on any atom is -0.496 e. The van der Waals surface area contributed by atoms with Crippen molar-refractivity contribution in [2.45, 2.75) is 6.42 Å². The molecule has 1 rings (SSSR count). The van der Waals surface area contributed by atoms with Crippen molar-refractivity contribution in [3.05, 3.63) is 23.8 Å². The molecular formula is C11H13BrO3. The van der Waals surface area contributed by atoms with E-state index in [2.05, 4.69) is 15.9 Å². The van der Waals surface area contributed by atoms with Crippen LogP contribution in [0.2, 0.25) is 0 Å². The van der Waals surface area contributed by atoms with Gasteiger partial charge in [-0.05, 0) is 12.1 Å². The van der Waals surface area contributed by atoms with Gasteiger partial charge in [0.15, 0.2) is 0 Å². The molecule has 0 fully saturated rings. The van der Waals surface area contributed by atoms with Crippen LogP contribution in [0.5, 0.6) is 11.5 Å². The van der Waals surface area contributed by atoms with Gasteiger partial charge in [0.25, 0.3) is 0 Å². The van der Waals surface area contributed by atoms with Crippen molar-refractivity contribution in [2.24, 2.45) is 0 Å². The monoisotopic (exact) mass is 272 g/mol. The lowest BCUT2D eigenvalue weighted by atomic mass is 10.1. The fourth-order valence-electron chi connectivity index (χ4n) is 1.35. The largest absolute Gasteiger partial charge is 0.496 e. The third-order valence-electron chi connectivity index (χ3n) is 2.05. The van der Waals surface area contributed by atoms with E-state index in [1.807, 2.05) is 18.2 Å². The molecule has 0 spiro atoms. The molecule has 1 aromatic carbocycles. The summed E-state index contributed by atoms with van der Waals surface area (Å²) in [6.07, 6.45) is 0.318. The summed E-state index contributed by atoms with van der Waals surface area (Å²) >= 11 is 3.13. The second kappa shape index (κ2) is 5.75. The van der Waals surface area contributed by atoms with Gasteiger partial charge < -0.3 is 9.47 Å². The molecule has 0 aliphatic rings. The molecule has 0 heterocycles. The van der Waals surface area contributed by atoms with Crippen LogP contribution in [-0.4, -0.2) is 25.3 Å². The van der Waals surface area contributed by atoms with Crippen LogP contribution in [0.3, 0.4) is 0 Å². The van der Waals surface area contributed by atoms with E-state index in [0.29, 0.717) is 23.2 Å². The van der Waals surface area contributed by atoms with Crippen LogP contribution in [0, 0.1) is 0 Å². The molecule has 3 nitrogen and oxygen atoms in total. The summed E-state index contributed by atoms with van der Waals surface area (Å²) in [6.45, 7) is 0. The summed E-state index contributed by atoms with van der Waals surface area (Å²) in [6, 6.07) is 5.47. The second-order valence-electron chi connectivity index (χ2n) is 2.99. The molecule has 15 heavy (non-hydrogen) atoms. The highest BCUT2D eigenvalue weighted by molar-refractivity contribution is 9.09. The van der Waals surface area contributed by atoms with Crippen LogP contribution in [-0.2, 0) is 11.2 Å². The lowest BCUT2D eigenvalue weighted by Gasteiger charge is -2.11. The van der Waals surface area contributed by atoms with Crippen molar-refractivity contribution in [3.8, 4) is 11.5 Å². The first-order valence-electron chi connectivity index (χ1n) is 4.50. The predicted molar refractivity (Wildman–Crippen MR) is 62.1 cm³/mol. The van der Waals surface area contributed by atoms with Crippen LogP contribution in [0.25, 0.3) is 0 Å². The van der Waals surface area contributed by atoms with Crippen LogP contribution in [0.4, 0.5) is 0 Å². The number of rotatable bonds is 5. The first-order chi connectivity index (χ1) is 7.22. The van der Waals surface area contributed by atoms with Gasteiger partial charge >= 0.3 is 0 Å². The van der Waals surface area contributed by atoms with Crippen LogP contribution in [0.1, 0.15) is 5.56 Å². The Bertz CT molecular complexity index is 327. The molecule has 4 heteroatoms. The van der Waals surface area contributed by atoms with E-state index in [-0.39, 0.29) is 5.78 Å². The molecule has 0 aromatic heterocycles. The number of ether oxygens (including phenoxy) is 2. The highest BCUT2D eigenvalue weighted by Gasteiger charge is 2.12. The molecule has 0 saturated heterocycles. The maximum Gasteiger partial charge on any atom is 0.148 e. The van der Waals surface area contributed by atoms with E-state index >= 15 is 0 Å². The lowest BCUT2D eigenvalue weighted by molar-refractivity contribution is -0.115. The lowest BCUT2D eigenvalue weighted by Crippen LogP contribution is -2.06. The molecular weight excluding hydrogens is 260 g/mol. The number of alkyl halides is 1. The Kier molecular flexibility index (Phi) is 4.62. The van der Waals surface area contributed by atoms with Gasteiger partial charge in [-0.1, -0.05) is 22.0 Å². The molecule has 0 aliphatic heterocycles. The fourth-order valence-corrected chi connectivity index (χ4v) is 1.54. The molecule has 0 radical (unpaired) electrons. The molecule has 0 bridgehead atoms. The normalized spacial score (nSPS) is 9.80. The summed E-state index contributed by atoms with van der Waals surface area (Å²) < 4.78 is 10.4. The predicted octanol–water partition coefficient (Wildman–Crippen LogP) is 2.21. The van der Waals surface area contributed by atoms with Crippen molar-refractivity contribution >= 4 is 21.7 Å². The second-order valence-corrected chi connectivity index (χ2v) is 3.55. The van der Waals surface area contributed by atoms with Crippen molar-refractivity contribution in [2.75, 3.05) is 19.5 Å². The number of carbonyl (C=O) groups excluding carboxylic acids is 1. The van der Waals surface area contributed by atoms with Gasteiger partial charge in [0.05, 0.1) is 19.5 Å². The van der Waals surface area contributed by atoms with E-state index in [1.165, 1.54) is 0 Å². The molecule has 0 unspecified atom stereocenters. The van der Waals surface area contributed by atoms with Crippen molar-refractivity contribution in [3.63, 3.8) is 0 Å². The number of ketones is 1. The molecule has 82 valence electrons. The number of Topliss-reactive ketones (excluding diaryl/α,β-unsaturated/α-hetero) is 1. The number of hydrogen-bond acceptors (Lipinski definition) is 3. The third-order valence-corrected chi connectivity index (χ3v) is 2.68. The Morgan fingerprint density at radius 1 is 1.27 bits per heavy atom. The standard InChI is InChI=1S/C11H13BrO3/c1-14-10-4-3-5-11(15-2)9(10)6-8(13)7-12/h3-5H,6-7H2,1-2H3. The number of halogens is 1. The first-order valence-corrected chi connectivity index (χ1v) is 5.62. The Morgan fingerprint density at radius 3 is 2.20 bits per heavy atom. The minimum absolute atomic E-state index is 0.0952. The molecule has 0 amide bonds. The fraction of sp³-hybridized carbons (Fsp3) is 0.364. The summed E-state index contributed by atoms with van der Waals surface area (Å²) in [7, 11) is 3.16. The SMILES string of the molecule is COc1cccc(OC)c1CC(=O)CBr. The van der Waals surface area contributed by atoms with Crippen LogP contribution < -0.4 is 9.47 Å². The molecule has 0 aliphatic carbocycles. The number of hydrogen-bond donors (Lipinski definition) is 0. The maximum absolute atomic E-state index is 11.4. The summed E-state index contributed by atoms with van der Waals surface area (Å²) in [5.74, 6) is 1.46.